The van der Waals surface area contributed by atoms with Crippen molar-refractivity contribution in [3.8, 4) is 11.6 Å². The molecule has 2 aromatic rings. The number of hydrogen-bond donors (Lipinski definition) is 1. The van der Waals surface area contributed by atoms with Crippen molar-refractivity contribution in [1.82, 2.24) is 14.0 Å². The summed E-state index contributed by atoms with van der Waals surface area (Å²) < 4.78 is 14.7. The Labute approximate surface area is 211 Å². The van der Waals surface area contributed by atoms with Gasteiger partial charge in [0.2, 0.25) is 5.88 Å². The number of para-hydroxylation sites is 2. The lowest BCUT2D eigenvalue weighted by Gasteiger charge is -2.36. The fourth-order valence-corrected chi connectivity index (χ4v) is 5.25. The molecule has 1 aromatic heterocycles. The van der Waals surface area contributed by atoms with Gasteiger partial charge in [0.25, 0.3) is 0 Å². The van der Waals surface area contributed by atoms with Crippen LogP contribution in [0.3, 0.4) is 0 Å². The first-order chi connectivity index (χ1) is 16.5. The molecule has 2 heterocycles. The van der Waals surface area contributed by atoms with Crippen LogP contribution in [0.15, 0.2) is 35.3 Å². The summed E-state index contributed by atoms with van der Waals surface area (Å²) in [4.78, 5) is 17.6. The van der Waals surface area contributed by atoms with E-state index in [0.29, 0.717) is 19.7 Å². The molecule has 0 bridgehead atoms. The molecule has 1 aromatic carbocycles. The zero-order valence-electron chi connectivity index (χ0n) is 22.4. The van der Waals surface area contributed by atoms with Gasteiger partial charge in [-0.1, -0.05) is 32.9 Å². The largest absolute Gasteiger partial charge is 0.495 e. The smallest absolute Gasteiger partial charge is 0.331 e. The fourth-order valence-electron chi connectivity index (χ4n) is 4.21. The zero-order valence-corrected chi connectivity index (χ0v) is 23.4. The van der Waals surface area contributed by atoms with E-state index in [2.05, 4.69) is 55.8 Å². The van der Waals surface area contributed by atoms with Crippen molar-refractivity contribution in [1.29, 1.82) is 0 Å². The Hall–Kier alpha value is -2.23. The van der Waals surface area contributed by atoms with Crippen molar-refractivity contribution < 1.29 is 14.3 Å². The number of anilines is 1. The van der Waals surface area contributed by atoms with Crippen molar-refractivity contribution in [3.05, 3.63) is 40.9 Å². The van der Waals surface area contributed by atoms with E-state index >= 15 is 0 Å². The van der Waals surface area contributed by atoms with Gasteiger partial charge in [-0.3, -0.25) is 14.0 Å². The Morgan fingerprint density at radius 3 is 2.31 bits per heavy atom. The minimum Gasteiger partial charge on any atom is -0.495 e. The van der Waals surface area contributed by atoms with E-state index in [1.165, 1.54) is 10.8 Å². The highest BCUT2D eigenvalue weighted by atomic mass is 28.4. The molecule has 1 saturated heterocycles. The van der Waals surface area contributed by atoms with Gasteiger partial charge in [0, 0.05) is 39.3 Å². The maximum Gasteiger partial charge on any atom is 0.331 e. The van der Waals surface area contributed by atoms with Gasteiger partial charge in [-0.05, 0) is 49.7 Å². The average molecular weight is 505 g/mol. The van der Waals surface area contributed by atoms with Crippen molar-refractivity contribution >= 4 is 14.0 Å². The molecule has 0 spiro atoms. The molecular weight excluding hydrogens is 460 g/mol. The second-order valence-corrected chi connectivity index (χ2v) is 15.7. The molecule has 0 unspecified atom stereocenters. The molecule has 0 atom stereocenters. The van der Waals surface area contributed by atoms with Crippen LogP contribution in [0.2, 0.25) is 18.1 Å². The van der Waals surface area contributed by atoms with Crippen LogP contribution >= 0.6 is 0 Å². The van der Waals surface area contributed by atoms with Crippen LogP contribution in [0, 0.1) is 0 Å². The van der Waals surface area contributed by atoms with Crippen LogP contribution in [0.4, 0.5) is 5.69 Å². The number of rotatable bonds is 11. The Morgan fingerprint density at radius 1 is 1.00 bits per heavy atom. The van der Waals surface area contributed by atoms with Gasteiger partial charge >= 0.3 is 5.69 Å². The van der Waals surface area contributed by atoms with Gasteiger partial charge in [-0.15, -0.1) is 0 Å². The molecule has 0 aliphatic carbocycles. The molecule has 196 valence electrons. The minimum absolute atomic E-state index is 0.0350. The topological polar surface area (TPSA) is 72.1 Å². The number of hydrogen-bond acceptors (Lipinski definition) is 6. The predicted molar refractivity (Wildman–Crippen MR) is 144 cm³/mol. The second-order valence-electron chi connectivity index (χ2n) is 10.9. The number of imidazole rings is 1. The molecule has 35 heavy (non-hydrogen) atoms. The molecule has 1 aliphatic heterocycles. The lowest BCUT2D eigenvalue weighted by molar-refractivity contribution is 0.249. The number of benzene rings is 1. The van der Waals surface area contributed by atoms with Crippen LogP contribution < -0.4 is 15.3 Å². The Morgan fingerprint density at radius 2 is 1.66 bits per heavy atom. The minimum atomic E-state index is -1.85. The van der Waals surface area contributed by atoms with Crippen molar-refractivity contribution in [2.45, 2.75) is 64.8 Å². The number of piperazine rings is 1. The SMILES string of the molecule is COc1ccccc1N1CCN(CCCCn2c(O)cn(CCO[Si](C)(C)C(C)(C)C)c2=O)CC1. The Balaban J connectivity index is 1.41. The molecule has 1 aliphatic rings. The highest BCUT2D eigenvalue weighted by Crippen LogP contribution is 2.36. The third kappa shape index (κ3) is 6.92. The standard InChI is InChI=1S/C26H44N4O4Si/c1-26(2,3)35(5,6)34-20-19-29-21-24(31)30(25(29)32)14-10-9-13-27-15-17-28(18-16-27)22-11-7-8-12-23(22)33-4/h7-8,11-12,21,31H,9-10,13-20H2,1-6H3. The lowest BCUT2D eigenvalue weighted by atomic mass is 10.2. The summed E-state index contributed by atoms with van der Waals surface area (Å²) >= 11 is 0. The van der Waals surface area contributed by atoms with Crippen LogP contribution in [0.1, 0.15) is 33.6 Å². The number of aromatic hydroxyl groups is 1. The van der Waals surface area contributed by atoms with Crippen molar-refractivity contribution in [2.75, 3.05) is 51.3 Å². The maximum atomic E-state index is 12.8. The van der Waals surface area contributed by atoms with Crippen LogP contribution in [-0.2, 0) is 17.5 Å². The Bertz CT molecular complexity index is 1000. The van der Waals surface area contributed by atoms with E-state index in [9.17, 15) is 9.90 Å². The van der Waals surface area contributed by atoms with E-state index in [1.54, 1.807) is 11.7 Å². The summed E-state index contributed by atoms with van der Waals surface area (Å²) in [6, 6.07) is 8.17. The van der Waals surface area contributed by atoms with E-state index in [0.717, 1.165) is 57.0 Å². The van der Waals surface area contributed by atoms with E-state index in [-0.39, 0.29) is 16.6 Å². The molecular formula is C26H44N4O4Si. The van der Waals surface area contributed by atoms with E-state index < -0.39 is 8.32 Å². The summed E-state index contributed by atoms with van der Waals surface area (Å²) in [6.07, 6.45) is 3.37. The van der Waals surface area contributed by atoms with Gasteiger partial charge in [0.15, 0.2) is 8.32 Å². The van der Waals surface area contributed by atoms with Gasteiger partial charge in [-0.25, -0.2) is 4.79 Å². The molecule has 8 nitrogen and oxygen atoms in total. The molecule has 1 fully saturated rings. The number of methoxy groups -OCH3 is 1. The first-order valence-corrected chi connectivity index (χ1v) is 15.7. The van der Waals surface area contributed by atoms with Crippen LogP contribution in [-0.4, -0.2) is 73.9 Å². The number of ether oxygens (including phenoxy) is 1. The van der Waals surface area contributed by atoms with Crippen molar-refractivity contribution in [2.24, 2.45) is 0 Å². The molecule has 3 rings (SSSR count). The number of unbranched alkanes of at least 4 members (excludes halogenated alkanes) is 1. The molecule has 1 N–H and O–H groups in total. The maximum absolute atomic E-state index is 12.8. The predicted octanol–water partition coefficient (Wildman–Crippen LogP) is 3.99. The van der Waals surface area contributed by atoms with Gasteiger partial charge in [-0.2, -0.15) is 0 Å². The molecule has 0 saturated carbocycles. The zero-order chi connectivity index (χ0) is 25.6. The highest BCUT2D eigenvalue weighted by molar-refractivity contribution is 6.74. The normalized spacial score (nSPS) is 15.5. The first kappa shape index (κ1) is 27.4. The molecule has 0 radical (unpaired) electrons. The highest BCUT2D eigenvalue weighted by Gasteiger charge is 2.36. The summed E-state index contributed by atoms with van der Waals surface area (Å²) in [7, 11) is -0.135. The monoisotopic (exact) mass is 504 g/mol. The van der Waals surface area contributed by atoms with Crippen LogP contribution in [0.25, 0.3) is 0 Å². The average Bonchev–Trinajstić information content (AvgIpc) is 3.08. The Kier molecular flexibility index (Phi) is 9.12. The second kappa shape index (κ2) is 11.7. The molecule has 0 amide bonds. The summed E-state index contributed by atoms with van der Waals surface area (Å²) in [5.41, 5.74) is 0.996. The van der Waals surface area contributed by atoms with E-state index in [4.69, 9.17) is 9.16 Å². The fraction of sp³-hybridized carbons (Fsp3) is 0.654. The van der Waals surface area contributed by atoms with Gasteiger partial charge in [0.1, 0.15) is 5.75 Å². The summed E-state index contributed by atoms with van der Waals surface area (Å²) in [6.45, 7) is 17.5. The summed E-state index contributed by atoms with van der Waals surface area (Å²) in [5.74, 6) is 0.956. The van der Waals surface area contributed by atoms with Crippen molar-refractivity contribution in [3.63, 3.8) is 0 Å². The van der Waals surface area contributed by atoms with Crippen LogP contribution in [0.5, 0.6) is 11.6 Å². The third-order valence-electron chi connectivity index (χ3n) is 7.53. The quantitative estimate of drug-likeness (QED) is 0.369. The number of nitrogens with zero attached hydrogens (tertiary/aromatic N) is 4. The van der Waals surface area contributed by atoms with Gasteiger partial charge < -0.3 is 19.2 Å². The van der Waals surface area contributed by atoms with Gasteiger partial charge in [0.05, 0.1) is 25.6 Å². The number of aromatic nitrogens is 2. The third-order valence-corrected chi connectivity index (χ3v) is 12.1. The lowest BCUT2D eigenvalue weighted by Crippen LogP contribution is -2.46. The van der Waals surface area contributed by atoms with E-state index in [1.807, 2.05) is 12.1 Å². The summed E-state index contributed by atoms with van der Waals surface area (Å²) in [5, 5.41) is 10.4. The first-order valence-electron chi connectivity index (χ1n) is 12.8. The molecule has 9 heteroatoms.